The van der Waals surface area contributed by atoms with Gasteiger partial charge < -0.3 is 18.8 Å². The smallest absolute Gasteiger partial charge is 0.330 e. The van der Waals surface area contributed by atoms with Crippen molar-refractivity contribution in [3.63, 3.8) is 0 Å². The van der Waals surface area contributed by atoms with Gasteiger partial charge >= 0.3 is 5.97 Å². The Hall–Kier alpha value is -3.78. The van der Waals surface area contributed by atoms with E-state index in [1.165, 1.54) is 28.7 Å². The molecule has 13 heteroatoms. The molecule has 0 amide bonds. The Morgan fingerprint density at radius 2 is 1.50 bits per heavy atom. The zero-order valence-corrected chi connectivity index (χ0v) is 31.5. The number of azo groups is 2. The van der Waals surface area contributed by atoms with E-state index in [4.69, 9.17) is 13.9 Å². The quantitative estimate of drug-likeness (QED) is 0.0335. The Labute approximate surface area is 292 Å². The lowest BCUT2D eigenvalue weighted by Crippen LogP contribution is -2.48. The highest BCUT2D eigenvalue weighted by atomic mass is 32.1. The Morgan fingerprint density at radius 3 is 2.08 bits per heavy atom. The molecule has 0 bridgehead atoms. The molecule has 0 saturated heterocycles. The number of rotatable bonds is 18. The summed E-state index contributed by atoms with van der Waals surface area (Å²) in [7, 11) is -1.89. The van der Waals surface area contributed by atoms with Crippen molar-refractivity contribution in [1.29, 1.82) is 0 Å². The molecule has 0 N–H and O–H groups in total. The fraction of sp³-hybridized carbons (Fsp3) is 0.429. The van der Waals surface area contributed by atoms with Crippen molar-refractivity contribution in [2.24, 2.45) is 20.5 Å². The van der Waals surface area contributed by atoms with Gasteiger partial charge in [0.05, 0.1) is 29.2 Å². The summed E-state index contributed by atoms with van der Waals surface area (Å²) in [6, 6.07) is 17.3. The average Bonchev–Trinajstić information content (AvgIpc) is 3.63. The molecule has 4 aromatic rings. The highest BCUT2D eigenvalue weighted by Gasteiger charge is 2.44. The van der Waals surface area contributed by atoms with E-state index in [0.717, 1.165) is 43.9 Å². The molecular weight excluding hydrogens is 661 g/mol. The lowest BCUT2D eigenvalue weighted by Gasteiger charge is -2.42. The number of aromatic nitrogens is 1. The number of hydrogen-bond donors (Lipinski definition) is 0. The van der Waals surface area contributed by atoms with Crippen LogP contribution in [0.15, 0.2) is 87.7 Å². The first-order chi connectivity index (χ1) is 23.0. The molecule has 256 valence electrons. The van der Waals surface area contributed by atoms with Crippen molar-refractivity contribution in [3.05, 3.63) is 67.3 Å². The number of anilines is 1. The summed E-state index contributed by atoms with van der Waals surface area (Å²) in [5.41, 5.74) is 4.12. The number of fused-ring (bicyclic) bond motifs is 1. The number of carbonyl (C=O) groups excluding carboxylic acids is 1. The Morgan fingerprint density at radius 1 is 0.875 bits per heavy atom. The first kappa shape index (κ1) is 37.0. The first-order valence-electron chi connectivity index (χ1n) is 16.3. The van der Waals surface area contributed by atoms with Gasteiger partial charge in [-0.15, -0.1) is 20.5 Å². The molecule has 0 saturated carbocycles. The average molecular weight is 707 g/mol. The van der Waals surface area contributed by atoms with Gasteiger partial charge in [0.15, 0.2) is 8.32 Å². The summed E-state index contributed by atoms with van der Waals surface area (Å²) >= 11 is 2.92. The van der Waals surface area contributed by atoms with Gasteiger partial charge in [-0.2, -0.15) is 0 Å². The van der Waals surface area contributed by atoms with E-state index >= 15 is 0 Å². The lowest BCUT2D eigenvalue weighted by atomic mass is 10.2. The van der Waals surface area contributed by atoms with Gasteiger partial charge in [-0.3, -0.25) is 0 Å². The number of nitrogens with zero attached hydrogens (tertiary/aromatic N) is 6. The molecule has 0 fully saturated rings. The van der Waals surface area contributed by atoms with Gasteiger partial charge in [-0.25, -0.2) is 9.78 Å². The third-order valence-electron chi connectivity index (χ3n) is 8.20. The maximum absolute atomic E-state index is 11.3. The fourth-order valence-electron chi connectivity index (χ4n) is 6.01. The second kappa shape index (κ2) is 17.6. The molecule has 0 aliphatic heterocycles. The largest absolute Gasteiger partial charge is 0.491 e. The van der Waals surface area contributed by atoms with E-state index in [9.17, 15) is 4.79 Å². The summed E-state index contributed by atoms with van der Waals surface area (Å²) in [6.07, 6.45) is 1.17. The molecule has 2 aromatic heterocycles. The number of ether oxygens (including phenoxy) is 2. The van der Waals surface area contributed by atoms with Crippen LogP contribution in [0.25, 0.3) is 9.53 Å². The van der Waals surface area contributed by atoms with Crippen LogP contribution in [0.2, 0.25) is 16.6 Å². The second-order valence-electron chi connectivity index (χ2n) is 12.1. The van der Waals surface area contributed by atoms with Gasteiger partial charge in [0.2, 0.25) is 5.13 Å². The number of likely N-dealkylation sites (N-methyl/N-ethyl adjacent to an activating group) is 1. The molecule has 2 aromatic carbocycles. The summed E-state index contributed by atoms with van der Waals surface area (Å²) in [6.45, 7) is 22.0. The Bertz CT molecular complexity index is 1630. The van der Waals surface area contributed by atoms with Crippen molar-refractivity contribution >= 4 is 73.7 Å². The van der Waals surface area contributed by atoms with E-state index in [2.05, 4.69) is 78.5 Å². The minimum Gasteiger partial charge on any atom is -0.491 e. The van der Waals surface area contributed by atoms with Gasteiger partial charge in [-0.05, 0) is 78.1 Å². The molecule has 0 aliphatic rings. The molecule has 48 heavy (non-hydrogen) atoms. The van der Waals surface area contributed by atoms with Crippen LogP contribution in [-0.4, -0.2) is 52.2 Å². The van der Waals surface area contributed by atoms with Gasteiger partial charge in [0.1, 0.15) is 28.8 Å². The predicted octanol–water partition coefficient (Wildman–Crippen LogP) is 11.3. The van der Waals surface area contributed by atoms with Crippen LogP contribution in [0, 0.1) is 0 Å². The zero-order valence-electron chi connectivity index (χ0n) is 28.9. The second-order valence-corrected chi connectivity index (χ2v) is 19.6. The van der Waals surface area contributed by atoms with E-state index in [1.807, 2.05) is 61.5 Å². The molecule has 10 nitrogen and oxygen atoms in total. The predicted molar refractivity (Wildman–Crippen MR) is 200 cm³/mol. The number of benzene rings is 2. The number of carbonyl (C=O) groups is 1. The van der Waals surface area contributed by atoms with Gasteiger partial charge in [-0.1, -0.05) is 70.8 Å². The van der Waals surface area contributed by atoms with Crippen LogP contribution in [0.1, 0.15) is 48.5 Å². The summed E-state index contributed by atoms with van der Waals surface area (Å²) in [4.78, 5) is 18.8. The molecule has 0 aliphatic carbocycles. The van der Waals surface area contributed by atoms with E-state index in [0.29, 0.717) is 48.1 Å². The maximum atomic E-state index is 11.3. The Balaban J connectivity index is 1.27. The van der Waals surface area contributed by atoms with Crippen molar-refractivity contribution in [3.8, 4) is 5.75 Å². The number of thiophene rings is 1. The van der Waals surface area contributed by atoms with E-state index in [1.54, 1.807) is 0 Å². The molecule has 0 unspecified atom stereocenters. The first-order valence-corrected chi connectivity index (χ1v) is 20.1. The standard InChI is InChI=1S/C35H46N6O4S2Si/c1-9-33(42)44-20-19-41(10-2)29-15-11-27(12-16-29)38-40-35-36-34-31(46-35)23-32(47-34)39-37-28-13-17-30(18-14-28)43-21-22-45-48(24(3)4,25(5)6)26(7)8/h9,11-18,23-26H,1,10,19-22H2,2-8H3. The Kier molecular flexibility index (Phi) is 13.6. The number of thiazole rings is 1. The van der Waals surface area contributed by atoms with Crippen LogP contribution in [0.3, 0.4) is 0 Å². The molecule has 0 atom stereocenters. The minimum absolute atomic E-state index is 0.293. The summed E-state index contributed by atoms with van der Waals surface area (Å²) in [5, 5.41) is 18.9. The summed E-state index contributed by atoms with van der Waals surface area (Å²) < 4.78 is 18.7. The molecule has 4 rings (SSSR count). The van der Waals surface area contributed by atoms with Crippen molar-refractivity contribution in [2.45, 2.75) is 65.1 Å². The normalized spacial score (nSPS) is 12.3. The molecule has 0 radical (unpaired) electrons. The minimum atomic E-state index is -1.89. The van der Waals surface area contributed by atoms with Crippen LogP contribution in [-0.2, 0) is 14.0 Å². The SMILES string of the molecule is C=CC(=O)OCCN(CC)c1ccc(N=Nc2nc3sc(N=Nc4ccc(OCCO[Si](C(C)C)(C(C)C)C(C)C)cc4)cc3s2)cc1. The van der Waals surface area contributed by atoms with Gasteiger partial charge in [0.25, 0.3) is 0 Å². The van der Waals surface area contributed by atoms with Crippen LogP contribution in [0.4, 0.5) is 27.2 Å². The number of hydrogen-bond acceptors (Lipinski definition) is 12. The highest BCUT2D eigenvalue weighted by Crippen LogP contribution is 2.42. The van der Waals surface area contributed by atoms with E-state index < -0.39 is 14.3 Å². The molecule has 2 heterocycles. The van der Waals surface area contributed by atoms with Crippen LogP contribution < -0.4 is 9.64 Å². The number of esters is 1. The van der Waals surface area contributed by atoms with Crippen LogP contribution in [0.5, 0.6) is 5.75 Å². The third kappa shape index (κ3) is 9.65. The third-order valence-corrected chi connectivity index (χ3v) is 16.2. The lowest BCUT2D eigenvalue weighted by molar-refractivity contribution is -0.137. The fourth-order valence-corrected chi connectivity index (χ4v) is 13.3. The summed E-state index contributed by atoms with van der Waals surface area (Å²) in [5.74, 6) is 0.366. The van der Waals surface area contributed by atoms with Crippen molar-refractivity contribution < 1.29 is 18.7 Å². The zero-order chi connectivity index (χ0) is 34.7. The van der Waals surface area contributed by atoms with Crippen LogP contribution >= 0.6 is 22.7 Å². The monoisotopic (exact) mass is 706 g/mol. The van der Waals surface area contributed by atoms with Gasteiger partial charge in [0, 0.05) is 18.3 Å². The van der Waals surface area contributed by atoms with Crippen molar-refractivity contribution in [1.82, 2.24) is 4.98 Å². The van der Waals surface area contributed by atoms with Crippen molar-refractivity contribution in [2.75, 3.05) is 37.8 Å². The van der Waals surface area contributed by atoms with E-state index in [-0.39, 0.29) is 0 Å². The maximum Gasteiger partial charge on any atom is 0.330 e. The molecular formula is C35H46N6O4S2Si. The molecule has 0 spiro atoms. The topological polar surface area (TPSA) is 110 Å². The highest BCUT2D eigenvalue weighted by molar-refractivity contribution is 7.30.